The Hall–Kier alpha value is -1.73. The van der Waals surface area contributed by atoms with Gasteiger partial charge in [-0.15, -0.1) is 0 Å². The molecule has 0 aromatic heterocycles. The molecule has 0 saturated carbocycles. The molecule has 1 unspecified atom stereocenters. The largest absolute Gasteiger partial charge is 0.373 e. The van der Waals surface area contributed by atoms with E-state index in [1.807, 2.05) is 0 Å². The van der Waals surface area contributed by atoms with E-state index in [2.05, 4.69) is 10.6 Å². The molecule has 0 radical (unpaired) electrons. The zero-order chi connectivity index (χ0) is 14.5. The average molecular weight is 285 g/mol. The van der Waals surface area contributed by atoms with E-state index in [-0.39, 0.29) is 11.8 Å². The number of urea groups is 1. The van der Waals surface area contributed by atoms with Gasteiger partial charge in [-0.05, 0) is 19.2 Å². The van der Waals surface area contributed by atoms with Gasteiger partial charge in [-0.25, -0.2) is 13.6 Å². The summed E-state index contributed by atoms with van der Waals surface area (Å²) in [4.78, 5) is 13.6. The Morgan fingerprint density at radius 3 is 3.00 bits per heavy atom. The van der Waals surface area contributed by atoms with Crippen LogP contribution >= 0.6 is 0 Å². The predicted octanol–water partition coefficient (Wildman–Crippen LogP) is 1.42. The van der Waals surface area contributed by atoms with Crippen LogP contribution in [0, 0.1) is 11.6 Å². The maximum absolute atomic E-state index is 13.5. The Kier molecular flexibility index (Phi) is 4.86. The summed E-state index contributed by atoms with van der Waals surface area (Å²) in [7, 11) is 1.80. The van der Waals surface area contributed by atoms with Crippen LogP contribution in [0.2, 0.25) is 0 Å². The van der Waals surface area contributed by atoms with E-state index in [4.69, 9.17) is 4.74 Å². The molecule has 0 spiro atoms. The summed E-state index contributed by atoms with van der Waals surface area (Å²) in [6, 6.07) is 2.62. The van der Waals surface area contributed by atoms with Gasteiger partial charge in [0.05, 0.1) is 18.4 Å². The molecule has 2 N–H and O–H groups in total. The first-order chi connectivity index (χ1) is 9.60. The molecule has 0 aliphatic carbocycles. The third-order valence-electron chi connectivity index (χ3n) is 3.03. The van der Waals surface area contributed by atoms with E-state index in [9.17, 15) is 13.6 Å². The number of carbonyl (C=O) groups excluding carboxylic acids is 1. The molecule has 1 aromatic carbocycles. The third kappa shape index (κ3) is 3.64. The quantitative estimate of drug-likeness (QED) is 0.883. The van der Waals surface area contributed by atoms with Crippen molar-refractivity contribution in [1.29, 1.82) is 0 Å². The molecule has 1 heterocycles. The van der Waals surface area contributed by atoms with Gasteiger partial charge in [-0.3, -0.25) is 0 Å². The first-order valence-electron chi connectivity index (χ1n) is 6.37. The fourth-order valence-corrected chi connectivity index (χ4v) is 2.04. The standard InChI is InChI=1S/C13H17F2N3O2/c1-16-7-10-8-18(4-5-20-10)13(19)17-12-3-2-9(14)6-11(12)15/h2-3,6,10,16H,4-5,7-8H2,1H3,(H,17,19). The number of morpholine rings is 1. The number of amides is 2. The lowest BCUT2D eigenvalue weighted by Gasteiger charge is -2.32. The second-order valence-corrected chi connectivity index (χ2v) is 4.55. The van der Waals surface area contributed by atoms with Crippen molar-refractivity contribution in [3.63, 3.8) is 0 Å². The number of benzene rings is 1. The topological polar surface area (TPSA) is 53.6 Å². The Balaban J connectivity index is 1.97. The van der Waals surface area contributed by atoms with E-state index < -0.39 is 17.7 Å². The van der Waals surface area contributed by atoms with Gasteiger partial charge < -0.3 is 20.3 Å². The molecule has 7 heteroatoms. The predicted molar refractivity (Wildman–Crippen MR) is 70.6 cm³/mol. The van der Waals surface area contributed by atoms with Crippen LogP contribution in [-0.2, 0) is 4.74 Å². The fourth-order valence-electron chi connectivity index (χ4n) is 2.04. The summed E-state index contributed by atoms with van der Waals surface area (Å²) in [5.41, 5.74) is -0.0342. The highest BCUT2D eigenvalue weighted by Gasteiger charge is 2.24. The van der Waals surface area contributed by atoms with Gasteiger partial charge in [0, 0.05) is 25.7 Å². The zero-order valence-corrected chi connectivity index (χ0v) is 11.2. The number of nitrogens with zero attached hydrogens (tertiary/aromatic N) is 1. The van der Waals surface area contributed by atoms with Crippen molar-refractivity contribution in [3.8, 4) is 0 Å². The minimum atomic E-state index is -0.793. The Morgan fingerprint density at radius 1 is 1.50 bits per heavy atom. The third-order valence-corrected chi connectivity index (χ3v) is 3.03. The average Bonchev–Trinajstić information content (AvgIpc) is 2.42. The van der Waals surface area contributed by atoms with Gasteiger partial charge in [0.1, 0.15) is 11.6 Å². The van der Waals surface area contributed by atoms with Gasteiger partial charge in [0.15, 0.2) is 0 Å². The number of carbonyl (C=O) groups is 1. The Labute approximate surface area is 115 Å². The van der Waals surface area contributed by atoms with Crippen LogP contribution in [0.5, 0.6) is 0 Å². The number of likely N-dealkylation sites (N-methyl/N-ethyl adjacent to an activating group) is 1. The monoisotopic (exact) mass is 285 g/mol. The summed E-state index contributed by atoms with van der Waals surface area (Å²) >= 11 is 0. The molecule has 2 rings (SSSR count). The van der Waals surface area contributed by atoms with Crippen LogP contribution in [-0.4, -0.2) is 50.3 Å². The van der Waals surface area contributed by atoms with E-state index in [0.29, 0.717) is 26.2 Å². The van der Waals surface area contributed by atoms with Crippen LogP contribution in [0.1, 0.15) is 0 Å². The van der Waals surface area contributed by atoms with Crippen LogP contribution in [0.3, 0.4) is 0 Å². The van der Waals surface area contributed by atoms with E-state index in [0.717, 1.165) is 12.1 Å². The molecule has 110 valence electrons. The summed E-state index contributed by atoms with van der Waals surface area (Å²) < 4.78 is 31.7. The molecule has 2 amide bonds. The minimum absolute atomic E-state index is 0.0342. The summed E-state index contributed by atoms with van der Waals surface area (Å²) in [5, 5.41) is 5.42. The summed E-state index contributed by atoms with van der Waals surface area (Å²) in [5.74, 6) is -1.47. The van der Waals surface area contributed by atoms with E-state index in [1.165, 1.54) is 6.07 Å². The zero-order valence-electron chi connectivity index (χ0n) is 11.2. The van der Waals surface area contributed by atoms with E-state index in [1.54, 1.807) is 11.9 Å². The molecule has 1 aliphatic rings. The molecule has 1 saturated heterocycles. The van der Waals surface area contributed by atoms with Gasteiger partial charge in [0.25, 0.3) is 0 Å². The number of hydrogen-bond acceptors (Lipinski definition) is 3. The number of halogens is 2. The Bertz CT molecular complexity index is 483. The molecule has 0 bridgehead atoms. The molecular formula is C13H17F2N3O2. The molecule has 1 atom stereocenters. The van der Waals surface area contributed by atoms with Crippen molar-refractivity contribution in [3.05, 3.63) is 29.8 Å². The normalized spacial score (nSPS) is 18.9. The van der Waals surface area contributed by atoms with Gasteiger partial charge in [-0.1, -0.05) is 0 Å². The van der Waals surface area contributed by atoms with Crippen LogP contribution in [0.4, 0.5) is 19.3 Å². The molecule has 1 aromatic rings. The number of anilines is 1. The van der Waals surface area contributed by atoms with Crippen molar-refractivity contribution in [2.75, 3.05) is 38.6 Å². The first kappa shape index (κ1) is 14.7. The maximum Gasteiger partial charge on any atom is 0.322 e. The van der Waals surface area contributed by atoms with Crippen molar-refractivity contribution in [2.24, 2.45) is 0 Å². The second-order valence-electron chi connectivity index (χ2n) is 4.55. The van der Waals surface area contributed by atoms with Crippen molar-refractivity contribution < 1.29 is 18.3 Å². The number of hydrogen-bond donors (Lipinski definition) is 2. The van der Waals surface area contributed by atoms with Gasteiger partial charge >= 0.3 is 6.03 Å². The fraction of sp³-hybridized carbons (Fsp3) is 0.462. The number of nitrogens with one attached hydrogen (secondary N) is 2. The maximum atomic E-state index is 13.5. The molecule has 1 aliphatic heterocycles. The molecule has 1 fully saturated rings. The van der Waals surface area contributed by atoms with Crippen molar-refractivity contribution in [1.82, 2.24) is 10.2 Å². The van der Waals surface area contributed by atoms with Crippen LogP contribution < -0.4 is 10.6 Å². The van der Waals surface area contributed by atoms with Crippen molar-refractivity contribution in [2.45, 2.75) is 6.10 Å². The van der Waals surface area contributed by atoms with Gasteiger partial charge in [-0.2, -0.15) is 0 Å². The second kappa shape index (κ2) is 6.62. The first-order valence-corrected chi connectivity index (χ1v) is 6.37. The Morgan fingerprint density at radius 2 is 2.30 bits per heavy atom. The molecular weight excluding hydrogens is 268 g/mol. The van der Waals surface area contributed by atoms with Crippen LogP contribution in [0.15, 0.2) is 18.2 Å². The highest BCUT2D eigenvalue weighted by Crippen LogP contribution is 2.16. The summed E-state index contributed by atoms with van der Waals surface area (Å²) in [6.45, 7) is 1.94. The van der Waals surface area contributed by atoms with E-state index >= 15 is 0 Å². The number of rotatable bonds is 3. The van der Waals surface area contributed by atoms with Gasteiger partial charge in [0.2, 0.25) is 0 Å². The molecule has 5 nitrogen and oxygen atoms in total. The lowest BCUT2D eigenvalue weighted by molar-refractivity contribution is -0.01000. The highest BCUT2D eigenvalue weighted by molar-refractivity contribution is 5.89. The number of ether oxygens (including phenoxy) is 1. The van der Waals surface area contributed by atoms with Crippen LogP contribution in [0.25, 0.3) is 0 Å². The lowest BCUT2D eigenvalue weighted by atomic mass is 10.2. The SMILES string of the molecule is CNCC1CN(C(=O)Nc2ccc(F)cc2F)CCO1. The molecule has 20 heavy (non-hydrogen) atoms. The smallest absolute Gasteiger partial charge is 0.322 e. The minimum Gasteiger partial charge on any atom is -0.373 e. The summed E-state index contributed by atoms with van der Waals surface area (Å²) in [6.07, 6.45) is -0.0856. The van der Waals surface area contributed by atoms with Crippen molar-refractivity contribution >= 4 is 11.7 Å². The highest BCUT2D eigenvalue weighted by atomic mass is 19.1. The lowest BCUT2D eigenvalue weighted by Crippen LogP contribution is -2.50.